The van der Waals surface area contributed by atoms with E-state index in [-0.39, 0.29) is 64.0 Å². The molecule has 3 rings (SSSR count). The van der Waals surface area contributed by atoms with Crippen molar-refractivity contribution in [3.05, 3.63) is 83.5 Å². The summed E-state index contributed by atoms with van der Waals surface area (Å²) in [5.74, 6) is 0. The molecule has 2 aromatic rings. The van der Waals surface area contributed by atoms with Gasteiger partial charge in [0, 0.05) is 0 Å². The maximum Gasteiger partial charge on any atom is 4.00 e. The van der Waals surface area contributed by atoms with Crippen LogP contribution in [0.2, 0.25) is 11.1 Å². The summed E-state index contributed by atoms with van der Waals surface area (Å²) in [6.07, 6.45) is 26.8. The third-order valence-electron chi connectivity index (χ3n) is 10.1. The number of hydrogen-bond donors (Lipinski definition) is 0. The molecule has 2 aromatic carbocycles. The molecule has 5 heteroatoms. The molecule has 0 aliphatic heterocycles. The van der Waals surface area contributed by atoms with Crippen LogP contribution in [0, 0.1) is 6.08 Å². The average Bonchev–Trinajstić information content (AvgIpc) is 3.18. The van der Waals surface area contributed by atoms with Crippen molar-refractivity contribution in [1.29, 1.82) is 0 Å². The fourth-order valence-electron chi connectivity index (χ4n) is 7.31. The standard InChI is InChI=1S/C39H59Si.3ClH.Ti/c1-6-7-8-9-10-11-12-13-14-15-16-17-18-19-20-27-32-40(37-28-23-21-24-29-37,38-30-25-22-26-31-38)39(5)33-34(2)35(3)36(39)4;;;;/h21-26,28-31H,6-20,27,32H2,1-5H3;3*1H;/q-1;;;;+4/p-3. The maximum absolute atomic E-state index is 4.08. The summed E-state index contributed by atoms with van der Waals surface area (Å²) in [5.41, 5.74) is 4.36. The normalized spacial score (nSPS) is 15.9. The first-order chi connectivity index (χ1) is 19.5. The Kier molecular flexibility index (Phi) is 25.9. The van der Waals surface area contributed by atoms with Crippen molar-refractivity contribution in [3.63, 3.8) is 0 Å². The summed E-state index contributed by atoms with van der Waals surface area (Å²) in [5, 5.41) is 3.12. The van der Waals surface area contributed by atoms with Gasteiger partial charge in [-0.3, -0.25) is 6.08 Å². The first kappa shape index (κ1) is 45.8. The van der Waals surface area contributed by atoms with Crippen molar-refractivity contribution < 1.29 is 58.9 Å². The molecule has 0 saturated heterocycles. The van der Waals surface area contributed by atoms with E-state index in [1.54, 1.807) is 15.9 Å². The predicted octanol–water partition coefficient (Wildman–Crippen LogP) is 2.38. The van der Waals surface area contributed by atoms with Crippen molar-refractivity contribution in [2.75, 3.05) is 0 Å². The minimum absolute atomic E-state index is 0. The third kappa shape index (κ3) is 12.4. The van der Waals surface area contributed by atoms with E-state index in [2.05, 4.69) is 101 Å². The molecule has 0 saturated carbocycles. The Bertz CT molecular complexity index is 1010. The Morgan fingerprint density at radius 1 is 0.545 bits per heavy atom. The molecule has 0 heterocycles. The second-order valence-corrected chi connectivity index (χ2v) is 17.3. The van der Waals surface area contributed by atoms with Crippen LogP contribution in [0.1, 0.15) is 137 Å². The van der Waals surface area contributed by atoms with Crippen molar-refractivity contribution >= 4 is 18.4 Å². The Balaban J connectivity index is 0. The molecule has 1 atom stereocenters. The van der Waals surface area contributed by atoms with Gasteiger partial charge in [-0.1, -0.05) is 207 Å². The van der Waals surface area contributed by atoms with Crippen LogP contribution >= 0.6 is 0 Å². The van der Waals surface area contributed by atoms with Gasteiger partial charge in [-0.25, -0.2) is 5.57 Å². The van der Waals surface area contributed by atoms with E-state index in [4.69, 9.17) is 0 Å². The van der Waals surface area contributed by atoms with Gasteiger partial charge in [-0.05, 0) is 6.04 Å². The van der Waals surface area contributed by atoms with Crippen molar-refractivity contribution in [1.82, 2.24) is 0 Å². The first-order valence-corrected chi connectivity index (χ1v) is 19.1. The van der Waals surface area contributed by atoms with Crippen molar-refractivity contribution in [3.8, 4) is 0 Å². The van der Waals surface area contributed by atoms with Crippen LogP contribution in [0.25, 0.3) is 0 Å². The quantitative estimate of drug-likeness (QED) is 0.113. The molecule has 0 aromatic heterocycles. The van der Waals surface area contributed by atoms with E-state index in [9.17, 15) is 0 Å². The Morgan fingerprint density at radius 2 is 0.886 bits per heavy atom. The zero-order valence-electron chi connectivity index (χ0n) is 28.4. The van der Waals surface area contributed by atoms with E-state index < -0.39 is 8.07 Å². The van der Waals surface area contributed by atoms with Crippen LogP contribution in [-0.4, -0.2) is 8.07 Å². The number of allylic oxidation sites excluding steroid dienone is 4. The van der Waals surface area contributed by atoms with E-state index >= 15 is 0 Å². The van der Waals surface area contributed by atoms with E-state index in [1.165, 1.54) is 120 Å². The second-order valence-electron chi connectivity index (χ2n) is 12.8. The predicted molar refractivity (Wildman–Crippen MR) is 181 cm³/mol. The van der Waals surface area contributed by atoms with Crippen LogP contribution < -0.4 is 47.6 Å². The minimum atomic E-state index is -2.18. The second kappa shape index (κ2) is 24.8. The molecular formula is C39H59Cl3SiTi. The topological polar surface area (TPSA) is 0 Å². The van der Waals surface area contributed by atoms with Gasteiger partial charge in [0.2, 0.25) is 0 Å². The van der Waals surface area contributed by atoms with Gasteiger partial charge in [0.1, 0.15) is 8.07 Å². The average molecular weight is 710 g/mol. The molecule has 0 amide bonds. The Morgan fingerprint density at radius 3 is 1.20 bits per heavy atom. The Labute approximate surface area is 307 Å². The molecule has 244 valence electrons. The summed E-state index contributed by atoms with van der Waals surface area (Å²) in [7, 11) is -2.18. The van der Waals surface area contributed by atoms with Crippen LogP contribution in [0.5, 0.6) is 0 Å². The summed E-state index contributed by atoms with van der Waals surface area (Å²) < 4.78 is 0. The number of rotatable bonds is 20. The van der Waals surface area contributed by atoms with Gasteiger partial charge >= 0.3 is 21.7 Å². The minimum Gasteiger partial charge on any atom is -1.00 e. The molecule has 0 radical (unpaired) electrons. The molecule has 0 nitrogen and oxygen atoms in total. The zero-order valence-corrected chi connectivity index (χ0v) is 33.3. The summed E-state index contributed by atoms with van der Waals surface area (Å²) in [4.78, 5) is 0. The molecule has 1 aliphatic carbocycles. The molecule has 0 bridgehead atoms. The summed E-state index contributed by atoms with van der Waals surface area (Å²) >= 11 is 0. The van der Waals surface area contributed by atoms with Gasteiger partial charge < -0.3 is 37.2 Å². The summed E-state index contributed by atoms with van der Waals surface area (Å²) in [6.45, 7) is 11.8. The fraction of sp³-hybridized carbons (Fsp3) is 0.590. The number of unbranched alkanes of at least 4 members (excludes halogenated alkanes) is 15. The molecule has 0 spiro atoms. The van der Waals surface area contributed by atoms with E-state index in [0.29, 0.717) is 0 Å². The summed E-state index contributed by atoms with van der Waals surface area (Å²) in [6, 6.07) is 24.4. The number of halogens is 3. The third-order valence-corrected chi connectivity index (χ3v) is 16.1. The van der Waals surface area contributed by atoms with Crippen LogP contribution in [0.3, 0.4) is 0 Å². The molecule has 1 aliphatic rings. The zero-order chi connectivity index (χ0) is 28.7. The van der Waals surface area contributed by atoms with Gasteiger partial charge in [0.05, 0.1) is 0 Å². The molecular weight excluding hydrogens is 651 g/mol. The van der Waals surface area contributed by atoms with Crippen LogP contribution in [0.4, 0.5) is 0 Å². The smallest absolute Gasteiger partial charge is 1.00 e. The van der Waals surface area contributed by atoms with E-state index in [0.717, 1.165) is 0 Å². The molecule has 44 heavy (non-hydrogen) atoms. The van der Waals surface area contributed by atoms with E-state index in [1.807, 2.05) is 0 Å². The fourth-order valence-corrected chi connectivity index (χ4v) is 13.4. The van der Waals surface area contributed by atoms with Gasteiger partial charge in [-0.15, -0.1) is 6.92 Å². The van der Waals surface area contributed by atoms with Crippen LogP contribution in [0.15, 0.2) is 77.4 Å². The van der Waals surface area contributed by atoms with Gasteiger partial charge in [-0.2, -0.15) is 11.1 Å². The number of benzene rings is 2. The van der Waals surface area contributed by atoms with Gasteiger partial charge in [0.25, 0.3) is 0 Å². The molecule has 0 N–H and O–H groups in total. The maximum atomic E-state index is 4.08. The first-order valence-electron chi connectivity index (χ1n) is 16.9. The monoisotopic (exact) mass is 708 g/mol. The largest absolute Gasteiger partial charge is 4.00 e. The van der Waals surface area contributed by atoms with Crippen molar-refractivity contribution in [2.45, 2.75) is 148 Å². The Hall–Kier alpha value is -0.279. The molecule has 0 fully saturated rings. The number of hydrogen-bond acceptors (Lipinski definition) is 0. The SMILES string of the molecule is CCCCCCCCCCCCCCCCCC[Si](c1ccccc1)(c1ccccc1)C1(C)[C-]=C(C)C(C)=C1C.[Cl-].[Cl-].[Cl-].[Ti+4]. The van der Waals surface area contributed by atoms with Crippen molar-refractivity contribution in [2.24, 2.45) is 0 Å². The van der Waals surface area contributed by atoms with Gasteiger partial charge in [0.15, 0.2) is 0 Å². The molecule has 1 unspecified atom stereocenters. The van der Waals surface area contributed by atoms with Crippen LogP contribution in [-0.2, 0) is 21.7 Å².